The van der Waals surface area contributed by atoms with Gasteiger partial charge in [0.05, 0.1) is 24.1 Å². The summed E-state index contributed by atoms with van der Waals surface area (Å²) in [6.07, 6.45) is 0.687. The molecule has 0 fully saturated rings. The van der Waals surface area contributed by atoms with E-state index in [9.17, 15) is 14.4 Å². The number of methoxy groups -OCH3 is 1. The van der Waals surface area contributed by atoms with Crippen molar-refractivity contribution in [2.75, 3.05) is 13.7 Å². The number of fused-ring (bicyclic) bond motifs is 1. The van der Waals surface area contributed by atoms with Gasteiger partial charge < -0.3 is 19.6 Å². The van der Waals surface area contributed by atoms with Crippen molar-refractivity contribution in [3.05, 3.63) is 22.6 Å². The van der Waals surface area contributed by atoms with Crippen LogP contribution < -0.4 is 5.32 Å². The summed E-state index contributed by atoms with van der Waals surface area (Å²) < 4.78 is 10.8. The van der Waals surface area contributed by atoms with E-state index in [0.717, 1.165) is 0 Å². The molecule has 1 aromatic heterocycles. The second-order valence-corrected chi connectivity index (χ2v) is 7.81. The van der Waals surface area contributed by atoms with Crippen LogP contribution in [0.3, 0.4) is 0 Å². The molecular formula is C18H25NO6. The first-order valence-electron chi connectivity index (χ1n) is 8.17. The van der Waals surface area contributed by atoms with Crippen molar-refractivity contribution in [2.24, 2.45) is 5.41 Å². The number of Topliss-reactive ketones (excluding diaryl/α,β-unsaturated/α-hetero) is 1. The van der Waals surface area contributed by atoms with E-state index in [4.69, 9.17) is 14.3 Å². The van der Waals surface area contributed by atoms with Crippen LogP contribution in [0.4, 0.5) is 0 Å². The predicted octanol–water partition coefficient (Wildman–Crippen LogP) is 2.35. The topological polar surface area (TPSA) is 106 Å². The number of hydrogen-bond acceptors (Lipinski definition) is 5. The molecule has 0 saturated carbocycles. The van der Waals surface area contributed by atoms with E-state index in [0.29, 0.717) is 29.7 Å². The van der Waals surface area contributed by atoms with Gasteiger partial charge >= 0.3 is 5.97 Å². The highest BCUT2D eigenvalue weighted by Crippen LogP contribution is 2.38. The maximum atomic E-state index is 12.7. The third kappa shape index (κ3) is 4.10. The molecule has 2 N–H and O–H groups in total. The lowest BCUT2D eigenvalue weighted by molar-refractivity contribution is -0.139. The minimum Gasteiger partial charge on any atom is -0.481 e. The molecule has 1 amide bonds. The van der Waals surface area contributed by atoms with Crippen molar-refractivity contribution >= 4 is 17.7 Å². The number of ether oxygens (including phenoxy) is 1. The summed E-state index contributed by atoms with van der Waals surface area (Å²) in [5.74, 6) is -1.04. The van der Waals surface area contributed by atoms with Gasteiger partial charge in [-0.1, -0.05) is 13.8 Å². The van der Waals surface area contributed by atoms with Crippen LogP contribution in [-0.2, 0) is 16.0 Å². The van der Waals surface area contributed by atoms with Crippen LogP contribution in [0.25, 0.3) is 0 Å². The second-order valence-electron chi connectivity index (χ2n) is 7.81. The number of hydrogen-bond donors (Lipinski definition) is 2. The van der Waals surface area contributed by atoms with E-state index in [-0.39, 0.29) is 30.0 Å². The van der Waals surface area contributed by atoms with E-state index in [1.807, 2.05) is 13.8 Å². The molecule has 7 heteroatoms. The zero-order chi connectivity index (χ0) is 19.0. The van der Waals surface area contributed by atoms with Gasteiger partial charge in [-0.25, -0.2) is 0 Å². The van der Waals surface area contributed by atoms with E-state index in [1.54, 1.807) is 13.8 Å². The van der Waals surface area contributed by atoms with Gasteiger partial charge in [-0.2, -0.15) is 0 Å². The summed E-state index contributed by atoms with van der Waals surface area (Å²) in [4.78, 5) is 36.1. The van der Waals surface area contributed by atoms with Gasteiger partial charge in [-0.05, 0) is 19.3 Å². The molecule has 0 aromatic carbocycles. The van der Waals surface area contributed by atoms with E-state index in [2.05, 4.69) is 5.32 Å². The van der Waals surface area contributed by atoms with Crippen molar-refractivity contribution in [3.8, 4) is 0 Å². The monoisotopic (exact) mass is 351 g/mol. The number of carboxylic acid groups (broad SMARTS) is 1. The average molecular weight is 351 g/mol. The number of furan rings is 1. The molecule has 0 unspecified atom stereocenters. The Morgan fingerprint density at radius 3 is 2.56 bits per heavy atom. The van der Waals surface area contributed by atoms with Crippen molar-refractivity contribution in [2.45, 2.75) is 52.5 Å². The summed E-state index contributed by atoms with van der Waals surface area (Å²) in [7, 11) is 1.43. The number of carbonyl (C=O) groups excluding carboxylic acids is 2. The standard InChI is InChI=1S/C18H25NO6/c1-10-14-11(20)6-17(2,3)7-12(14)25-15(10)16(23)19-18(4,9-24-5)8-13(21)22/h6-9H2,1-5H3,(H,19,23)(H,21,22)/t18-/m1/s1. The minimum absolute atomic E-state index is 0.0308. The lowest BCUT2D eigenvalue weighted by Gasteiger charge is -2.28. The molecule has 2 rings (SSSR count). The fraction of sp³-hybridized carbons (Fsp3) is 0.611. The summed E-state index contributed by atoms with van der Waals surface area (Å²) in [6.45, 7) is 7.27. The summed E-state index contributed by atoms with van der Waals surface area (Å²) in [6, 6.07) is 0. The first-order valence-corrected chi connectivity index (χ1v) is 8.17. The fourth-order valence-electron chi connectivity index (χ4n) is 3.41. The molecule has 1 atom stereocenters. The number of carbonyl (C=O) groups is 3. The zero-order valence-corrected chi connectivity index (χ0v) is 15.3. The number of rotatable bonds is 6. The molecule has 138 valence electrons. The van der Waals surface area contributed by atoms with Gasteiger partial charge in [0.15, 0.2) is 11.5 Å². The summed E-state index contributed by atoms with van der Waals surface area (Å²) in [5, 5.41) is 11.7. The molecule has 7 nitrogen and oxygen atoms in total. The Bertz CT molecular complexity index is 717. The highest BCUT2D eigenvalue weighted by molar-refractivity contribution is 6.04. The van der Waals surface area contributed by atoms with Crippen molar-refractivity contribution < 1.29 is 28.6 Å². The van der Waals surface area contributed by atoms with Crippen LogP contribution in [0.2, 0.25) is 0 Å². The molecule has 0 bridgehead atoms. The highest BCUT2D eigenvalue weighted by Gasteiger charge is 2.38. The van der Waals surface area contributed by atoms with Crippen LogP contribution in [0.1, 0.15) is 65.8 Å². The lowest BCUT2D eigenvalue weighted by Crippen LogP contribution is -2.50. The molecule has 1 aliphatic carbocycles. The number of carboxylic acids is 1. The van der Waals surface area contributed by atoms with E-state index < -0.39 is 17.4 Å². The second kappa shape index (κ2) is 6.63. The first kappa shape index (κ1) is 19.2. The maximum absolute atomic E-state index is 12.7. The van der Waals surface area contributed by atoms with E-state index in [1.165, 1.54) is 7.11 Å². The Morgan fingerprint density at radius 2 is 2.00 bits per heavy atom. The molecule has 1 aliphatic rings. The van der Waals surface area contributed by atoms with Gasteiger partial charge in [0, 0.05) is 25.5 Å². The quantitative estimate of drug-likeness (QED) is 0.815. The van der Waals surface area contributed by atoms with Gasteiger partial charge in [0.25, 0.3) is 5.91 Å². The maximum Gasteiger partial charge on any atom is 0.305 e. The van der Waals surface area contributed by atoms with Crippen LogP contribution in [-0.4, -0.2) is 42.0 Å². The SMILES string of the molecule is COC[C@@](C)(CC(=O)O)NC(=O)c1oc2c(c1C)C(=O)CC(C)(C)C2. The van der Waals surface area contributed by atoms with Gasteiger partial charge in [0.2, 0.25) is 0 Å². The van der Waals surface area contributed by atoms with Crippen molar-refractivity contribution in [3.63, 3.8) is 0 Å². The molecule has 25 heavy (non-hydrogen) atoms. The minimum atomic E-state index is -1.08. The average Bonchev–Trinajstić information content (AvgIpc) is 2.73. The van der Waals surface area contributed by atoms with Gasteiger partial charge in [-0.3, -0.25) is 14.4 Å². The third-order valence-electron chi connectivity index (χ3n) is 4.40. The van der Waals surface area contributed by atoms with Crippen LogP contribution in [0.5, 0.6) is 0 Å². The molecule has 1 heterocycles. The van der Waals surface area contributed by atoms with Crippen LogP contribution in [0, 0.1) is 12.3 Å². The lowest BCUT2D eigenvalue weighted by atomic mass is 9.76. The first-order chi connectivity index (χ1) is 11.5. The Balaban J connectivity index is 2.32. The van der Waals surface area contributed by atoms with Gasteiger partial charge in [-0.15, -0.1) is 0 Å². The Kier molecular flexibility index (Phi) is 5.09. The molecule has 0 radical (unpaired) electrons. The number of amides is 1. The Morgan fingerprint density at radius 1 is 1.36 bits per heavy atom. The molecular weight excluding hydrogens is 326 g/mol. The molecule has 0 saturated heterocycles. The fourth-order valence-corrected chi connectivity index (χ4v) is 3.41. The van der Waals surface area contributed by atoms with E-state index >= 15 is 0 Å². The third-order valence-corrected chi connectivity index (χ3v) is 4.40. The zero-order valence-electron chi connectivity index (χ0n) is 15.3. The molecule has 0 spiro atoms. The summed E-state index contributed by atoms with van der Waals surface area (Å²) in [5.41, 5.74) is -0.310. The number of ketones is 1. The Labute approximate surface area is 146 Å². The van der Waals surface area contributed by atoms with Gasteiger partial charge in [0.1, 0.15) is 5.76 Å². The summed E-state index contributed by atoms with van der Waals surface area (Å²) >= 11 is 0. The normalized spacial score (nSPS) is 18.4. The van der Waals surface area contributed by atoms with Crippen molar-refractivity contribution in [1.29, 1.82) is 0 Å². The highest BCUT2D eigenvalue weighted by atomic mass is 16.5. The largest absolute Gasteiger partial charge is 0.481 e. The molecule has 0 aliphatic heterocycles. The number of nitrogens with one attached hydrogen (secondary N) is 1. The molecule has 1 aromatic rings. The van der Waals surface area contributed by atoms with Crippen LogP contribution >= 0.6 is 0 Å². The predicted molar refractivity (Wildman–Crippen MR) is 89.9 cm³/mol. The van der Waals surface area contributed by atoms with Crippen LogP contribution in [0.15, 0.2) is 4.42 Å². The van der Waals surface area contributed by atoms with Crippen molar-refractivity contribution in [1.82, 2.24) is 5.32 Å². The number of aliphatic carboxylic acids is 1. The Hall–Kier alpha value is -2.15. The smallest absolute Gasteiger partial charge is 0.305 e.